The van der Waals surface area contributed by atoms with E-state index >= 15 is 0 Å². The van der Waals surface area contributed by atoms with E-state index in [1.165, 1.54) is 0 Å². The largest absolute Gasteiger partial charge is 0.351 e. The number of urea groups is 1. The van der Waals surface area contributed by atoms with Gasteiger partial charge in [-0.05, 0) is 42.7 Å². The van der Waals surface area contributed by atoms with Crippen molar-refractivity contribution in [2.75, 3.05) is 10.6 Å². The van der Waals surface area contributed by atoms with E-state index in [0.717, 1.165) is 24.1 Å². The van der Waals surface area contributed by atoms with E-state index in [4.69, 9.17) is 0 Å². The van der Waals surface area contributed by atoms with Crippen molar-refractivity contribution < 1.29 is 9.59 Å². The molecule has 0 unspecified atom stereocenters. The molecule has 1 saturated heterocycles. The molecule has 1 saturated carbocycles. The van der Waals surface area contributed by atoms with Crippen molar-refractivity contribution in [3.8, 4) is 5.69 Å². The van der Waals surface area contributed by atoms with Crippen molar-refractivity contribution in [1.82, 2.24) is 34.8 Å². The second-order valence-electron chi connectivity index (χ2n) is 8.16. The zero-order valence-electron chi connectivity index (χ0n) is 18.0. The number of carbonyl (C=O) groups is 2. The van der Waals surface area contributed by atoms with Crippen molar-refractivity contribution in [1.29, 1.82) is 0 Å². The van der Waals surface area contributed by atoms with Crippen LogP contribution in [0.3, 0.4) is 0 Å². The molecule has 3 aromatic heterocycles. The summed E-state index contributed by atoms with van der Waals surface area (Å²) in [6.45, 7) is 0.510. The summed E-state index contributed by atoms with van der Waals surface area (Å²) in [5.41, 5.74) is 3.39. The molecule has 2 aliphatic rings. The number of amides is 3. The first-order chi connectivity index (χ1) is 16.6. The summed E-state index contributed by atoms with van der Waals surface area (Å²) in [4.78, 5) is 32.8. The molecule has 4 heterocycles. The van der Waals surface area contributed by atoms with Crippen LogP contribution in [0.25, 0.3) is 17.4 Å². The number of benzene rings is 1. The lowest BCUT2D eigenvalue weighted by Gasteiger charge is -2.13. The maximum absolute atomic E-state index is 12.0. The number of anilines is 2. The first kappa shape index (κ1) is 20.0. The van der Waals surface area contributed by atoms with Crippen molar-refractivity contribution in [2.45, 2.75) is 25.4 Å². The van der Waals surface area contributed by atoms with E-state index in [0.29, 0.717) is 35.7 Å². The van der Waals surface area contributed by atoms with Crippen LogP contribution >= 0.6 is 0 Å². The number of fused-ring (bicyclic) bond motifs is 1. The Morgan fingerprint density at radius 3 is 2.65 bits per heavy atom. The van der Waals surface area contributed by atoms with Gasteiger partial charge in [-0.25, -0.2) is 4.79 Å². The minimum absolute atomic E-state index is 0.144. The molecule has 1 aromatic carbocycles. The molecule has 11 heteroatoms. The highest BCUT2D eigenvalue weighted by atomic mass is 16.2. The number of hydrogen-bond donors (Lipinski definition) is 4. The number of para-hydroxylation sites is 1. The average Bonchev–Trinajstić information content (AvgIpc) is 3.20. The molecule has 0 bridgehead atoms. The highest BCUT2D eigenvalue weighted by Crippen LogP contribution is 2.26. The van der Waals surface area contributed by atoms with Gasteiger partial charge in [0, 0.05) is 36.2 Å². The fraction of sp³-hybridized carbons (Fsp3) is 0.174. The monoisotopic (exact) mass is 455 g/mol. The van der Waals surface area contributed by atoms with Crippen molar-refractivity contribution in [3.63, 3.8) is 0 Å². The van der Waals surface area contributed by atoms with Gasteiger partial charge < -0.3 is 20.5 Å². The topological polar surface area (TPSA) is 130 Å². The normalized spacial score (nSPS) is 16.6. The predicted molar refractivity (Wildman–Crippen MR) is 125 cm³/mol. The van der Waals surface area contributed by atoms with E-state index in [1.807, 2.05) is 36.7 Å². The van der Waals surface area contributed by atoms with Gasteiger partial charge >= 0.3 is 6.03 Å². The highest BCUT2D eigenvalue weighted by Gasteiger charge is 2.26. The lowest BCUT2D eigenvalue weighted by Crippen LogP contribution is -2.22. The van der Waals surface area contributed by atoms with Crippen LogP contribution in [0.2, 0.25) is 0 Å². The molecule has 3 amide bonds. The van der Waals surface area contributed by atoms with Crippen molar-refractivity contribution in [3.05, 3.63) is 71.8 Å². The average molecular weight is 455 g/mol. The first-order valence-electron chi connectivity index (χ1n) is 11.0. The van der Waals surface area contributed by atoms with Gasteiger partial charge in [0.05, 0.1) is 6.20 Å². The Morgan fingerprint density at radius 2 is 1.88 bits per heavy atom. The summed E-state index contributed by atoms with van der Waals surface area (Å²) in [5.74, 6) is 0.506. The standard InChI is InChI=1S/C23H21N9O2/c33-20-17(27-23(34)29-20)11-15-13-25-32-19(15)28-21(30-22(32)26-16-7-8-16)24-12-14-5-1-2-6-18(14)31-9-3-4-10-31/h1-6,9-11,13,16H,7-8,12H2,(H2,24,26,28,30)(H2,27,29,33,34)/b17-11-. The lowest BCUT2D eigenvalue weighted by molar-refractivity contribution is -0.115. The molecule has 2 fully saturated rings. The second kappa shape index (κ2) is 8.03. The Labute approximate surface area is 193 Å². The number of nitrogens with zero attached hydrogens (tertiary/aromatic N) is 5. The molecular weight excluding hydrogens is 434 g/mol. The molecule has 0 radical (unpaired) electrons. The molecular formula is C23H21N9O2. The maximum Gasteiger partial charge on any atom is 0.326 e. The van der Waals surface area contributed by atoms with Crippen LogP contribution in [-0.4, -0.2) is 42.1 Å². The van der Waals surface area contributed by atoms with Gasteiger partial charge in [0.25, 0.3) is 5.91 Å². The molecule has 4 aromatic rings. The molecule has 6 rings (SSSR count). The molecule has 1 aliphatic heterocycles. The Hall–Kier alpha value is -4.67. The van der Waals surface area contributed by atoms with Crippen LogP contribution in [0.5, 0.6) is 0 Å². The number of rotatable bonds is 7. The zero-order chi connectivity index (χ0) is 23.1. The molecule has 0 atom stereocenters. The smallest absolute Gasteiger partial charge is 0.326 e. The predicted octanol–water partition coefficient (Wildman–Crippen LogP) is 2.28. The van der Waals surface area contributed by atoms with Crippen LogP contribution < -0.4 is 21.3 Å². The van der Waals surface area contributed by atoms with Crippen molar-refractivity contribution >= 4 is 35.6 Å². The minimum Gasteiger partial charge on any atom is -0.351 e. The van der Waals surface area contributed by atoms with Crippen molar-refractivity contribution in [2.24, 2.45) is 0 Å². The molecule has 1 aliphatic carbocycles. The Morgan fingerprint density at radius 1 is 1.06 bits per heavy atom. The van der Waals surface area contributed by atoms with Gasteiger partial charge in [-0.2, -0.15) is 19.6 Å². The number of hydrogen-bond acceptors (Lipinski definition) is 7. The van der Waals surface area contributed by atoms with Gasteiger partial charge in [0.15, 0.2) is 5.65 Å². The number of imide groups is 1. The summed E-state index contributed by atoms with van der Waals surface area (Å²) in [7, 11) is 0. The van der Waals surface area contributed by atoms with Crippen LogP contribution in [0.4, 0.5) is 16.7 Å². The van der Waals surface area contributed by atoms with Gasteiger partial charge in [-0.3, -0.25) is 10.1 Å². The number of aromatic nitrogens is 5. The van der Waals surface area contributed by atoms with E-state index in [-0.39, 0.29) is 5.70 Å². The number of carbonyl (C=O) groups excluding carboxylic acids is 2. The van der Waals surface area contributed by atoms with Crippen LogP contribution in [0.1, 0.15) is 24.0 Å². The third-order valence-corrected chi connectivity index (χ3v) is 5.64. The zero-order valence-corrected chi connectivity index (χ0v) is 18.0. The van der Waals surface area contributed by atoms with Gasteiger partial charge in [-0.1, -0.05) is 18.2 Å². The fourth-order valence-corrected chi connectivity index (χ4v) is 3.80. The molecule has 0 spiro atoms. The molecule has 11 nitrogen and oxygen atoms in total. The third kappa shape index (κ3) is 3.83. The first-order valence-corrected chi connectivity index (χ1v) is 11.0. The summed E-state index contributed by atoms with van der Waals surface area (Å²) in [6, 6.07) is 11.9. The van der Waals surface area contributed by atoms with E-state index in [2.05, 4.69) is 53.0 Å². The Balaban J connectivity index is 1.34. The molecule has 34 heavy (non-hydrogen) atoms. The highest BCUT2D eigenvalue weighted by molar-refractivity contribution is 6.14. The third-order valence-electron chi connectivity index (χ3n) is 5.64. The second-order valence-corrected chi connectivity index (χ2v) is 8.16. The van der Waals surface area contributed by atoms with E-state index < -0.39 is 11.9 Å². The SMILES string of the molecule is O=C1NC(=O)/C(=C/c2cnn3c(NC4CC4)nc(NCc4ccccc4-n4cccc4)nc23)N1. The van der Waals surface area contributed by atoms with E-state index in [9.17, 15) is 9.59 Å². The molecule has 170 valence electrons. The summed E-state index contributed by atoms with van der Waals surface area (Å²) >= 11 is 0. The Bertz CT molecular complexity index is 1430. The summed E-state index contributed by atoms with van der Waals surface area (Å²) in [5, 5.41) is 15.8. The number of nitrogens with one attached hydrogen (secondary N) is 4. The van der Waals surface area contributed by atoms with Crippen LogP contribution in [0.15, 0.2) is 60.7 Å². The fourth-order valence-electron chi connectivity index (χ4n) is 3.80. The van der Waals surface area contributed by atoms with E-state index in [1.54, 1.807) is 16.8 Å². The molecule has 4 N–H and O–H groups in total. The Kier molecular flexibility index (Phi) is 4.72. The lowest BCUT2D eigenvalue weighted by atomic mass is 10.1. The van der Waals surface area contributed by atoms with Gasteiger partial charge in [0.2, 0.25) is 11.9 Å². The minimum atomic E-state index is -0.554. The van der Waals surface area contributed by atoms with Gasteiger partial charge in [-0.15, -0.1) is 0 Å². The van der Waals surface area contributed by atoms with Crippen LogP contribution in [0, 0.1) is 0 Å². The maximum atomic E-state index is 12.0. The summed E-state index contributed by atoms with van der Waals surface area (Å²) in [6.07, 6.45) is 9.30. The quantitative estimate of drug-likeness (QED) is 0.248. The summed E-state index contributed by atoms with van der Waals surface area (Å²) < 4.78 is 3.67. The van der Waals surface area contributed by atoms with Gasteiger partial charge in [0.1, 0.15) is 5.70 Å². The van der Waals surface area contributed by atoms with Crippen LogP contribution in [-0.2, 0) is 11.3 Å².